The van der Waals surface area contributed by atoms with Gasteiger partial charge in [0.2, 0.25) is 5.91 Å². The number of hydrogen-bond acceptors (Lipinski definition) is 3. The van der Waals surface area contributed by atoms with Crippen LogP contribution in [-0.4, -0.2) is 23.0 Å². The highest BCUT2D eigenvalue weighted by Crippen LogP contribution is 2.15. The summed E-state index contributed by atoms with van der Waals surface area (Å²) in [6.45, 7) is 1.99. The third-order valence-electron chi connectivity index (χ3n) is 2.18. The van der Waals surface area contributed by atoms with E-state index in [1.165, 1.54) is 0 Å². The molecule has 0 aliphatic carbocycles. The predicted octanol–water partition coefficient (Wildman–Crippen LogP) is 0.0801. The first kappa shape index (κ1) is 12.9. The number of carboxylic acid groups (broad SMARTS) is 1. The van der Waals surface area contributed by atoms with Gasteiger partial charge >= 0.3 is 5.97 Å². The fourth-order valence-corrected chi connectivity index (χ4v) is 1.33. The monoisotopic (exact) mass is 202 g/mol. The summed E-state index contributed by atoms with van der Waals surface area (Å²) in [7, 11) is 0. The van der Waals surface area contributed by atoms with Crippen LogP contribution in [0.4, 0.5) is 0 Å². The van der Waals surface area contributed by atoms with Crippen LogP contribution in [0.2, 0.25) is 0 Å². The third-order valence-corrected chi connectivity index (χ3v) is 2.18. The van der Waals surface area contributed by atoms with Crippen LogP contribution in [0.25, 0.3) is 0 Å². The lowest BCUT2D eigenvalue weighted by Crippen LogP contribution is -2.39. The van der Waals surface area contributed by atoms with Gasteiger partial charge < -0.3 is 16.6 Å². The van der Waals surface area contributed by atoms with Crippen LogP contribution in [-0.2, 0) is 9.59 Å². The second-order valence-corrected chi connectivity index (χ2v) is 3.44. The largest absolute Gasteiger partial charge is 0.480 e. The van der Waals surface area contributed by atoms with Crippen LogP contribution in [0.5, 0.6) is 0 Å². The molecular weight excluding hydrogens is 184 g/mol. The highest BCUT2D eigenvalue weighted by atomic mass is 16.4. The summed E-state index contributed by atoms with van der Waals surface area (Å²) in [4.78, 5) is 21.3. The number of hydrogen-bond donors (Lipinski definition) is 3. The van der Waals surface area contributed by atoms with Gasteiger partial charge in [-0.2, -0.15) is 0 Å². The van der Waals surface area contributed by atoms with Gasteiger partial charge in [-0.3, -0.25) is 9.59 Å². The summed E-state index contributed by atoms with van der Waals surface area (Å²) in [5.74, 6) is -1.92. The lowest BCUT2D eigenvalue weighted by Gasteiger charge is -2.18. The summed E-state index contributed by atoms with van der Waals surface area (Å²) in [5, 5.41) is 8.69. The SMILES string of the molecule is CCCCC(CC(N)=O)[C@H](N)C(=O)O. The molecule has 0 saturated heterocycles. The minimum absolute atomic E-state index is 0.0491. The number of rotatable bonds is 7. The number of amides is 1. The number of primary amides is 1. The van der Waals surface area contributed by atoms with Gasteiger partial charge in [0.25, 0.3) is 0 Å². The molecule has 0 radical (unpaired) electrons. The van der Waals surface area contributed by atoms with Crippen molar-refractivity contribution in [2.75, 3.05) is 0 Å². The smallest absolute Gasteiger partial charge is 0.320 e. The van der Waals surface area contributed by atoms with E-state index in [2.05, 4.69) is 0 Å². The van der Waals surface area contributed by atoms with E-state index in [4.69, 9.17) is 16.6 Å². The van der Waals surface area contributed by atoms with E-state index < -0.39 is 17.9 Å². The molecule has 0 aromatic carbocycles. The molecule has 0 aliphatic rings. The summed E-state index contributed by atoms with van der Waals surface area (Å²) in [6.07, 6.45) is 2.49. The second-order valence-electron chi connectivity index (χ2n) is 3.44. The standard InChI is InChI=1S/C9H18N2O3/c1-2-3-4-6(5-7(10)12)8(11)9(13)14/h6,8H,2-5,11H2,1H3,(H2,10,12)(H,13,14)/t6?,8-/m0/s1. The van der Waals surface area contributed by atoms with Crippen LogP contribution < -0.4 is 11.5 Å². The van der Waals surface area contributed by atoms with Gasteiger partial charge in [0.15, 0.2) is 0 Å². The molecule has 14 heavy (non-hydrogen) atoms. The lowest BCUT2D eigenvalue weighted by molar-refractivity contribution is -0.140. The molecule has 5 nitrogen and oxygen atoms in total. The van der Waals surface area contributed by atoms with Crippen molar-refractivity contribution in [2.45, 2.75) is 38.6 Å². The van der Waals surface area contributed by atoms with Gasteiger partial charge in [-0.05, 0) is 12.3 Å². The van der Waals surface area contributed by atoms with Crippen molar-refractivity contribution < 1.29 is 14.7 Å². The highest BCUT2D eigenvalue weighted by Gasteiger charge is 2.24. The molecule has 0 aromatic heterocycles. The zero-order chi connectivity index (χ0) is 11.1. The minimum atomic E-state index is -1.08. The third kappa shape index (κ3) is 4.81. The number of carbonyl (C=O) groups excluding carboxylic acids is 1. The first-order chi connectivity index (χ1) is 6.49. The van der Waals surface area contributed by atoms with Gasteiger partial charge in [0.1, 0.15) is 6.04 Å². The molecule has 0 aliphatic heterocycles. The molecule has 0 fully saturated rings. The Balaban J connectivity index is 4.22. The quantitative estimate of drug-likeness (QED) is 0.543. The molecule has 2 atom stereocenters. The summed E-state index contributed by atoms with van der Waals surface area (Å²) < 4.78 is 0. The van der Waals surface area contributed by atoms with Crippen molar-refractivity contribution in [1.82, 2.24) is 0 Å². The molecular formula is C9H18N2O3. The summed E-state index contributed by atoms with van der Waals surface area (Å²) >= 11 is 0. The Kier molecular flexibility index (Phi) is 5.87. The molecule has 5 heteroatoms. The first-order valence-electron chi connectivity index (χ1n) is 4.75. The number of nitrogens with two attached hydrogens (primary N) is 2. The Hall–Kier alpha value is -1.10. The molecule has 82 valence electrons. The second kappa shape index (κ2) is 6.37. The van der Waals surface area contributed by atoms with Crippen molar-refractivity contribution >= 4 is 11.9 Å². The minimum Gasteiger partial charge on any atom is -0.480 e. The van der Waals surface area contributed by atoms with Crippen molar-refractivity contribution in [3.63, 3.8) is 0 Å². The molecule has 0 spiro atoms. The molecule has 0 bridgehead atoms. The van der Waals surface area contributed by atoms with Crippen molar-refractivity contribution in [3.05, 3.63) is 0 Å². The van der Waals surface area contributed by atoms with E-state index in [1.807, 2.05) is 6.92 Å². The molecule has 1 unspecified atom stereocenters. The van der Waals surface area contributed by atoms with E-state index >= 15 is 0 Å². The molecule has 5 N–H and O–H groups in total. The fourth-order valence-electron chi connectivity index (χ4n) is 1.33. The van der Waals surface area contributed by atoms with Gasteiger partial charge in [-0.1, -0.05) is 19.8 Å². The number of carboxylic acids is 1. The van der Waals surface area contributed by atoms with Crippen LogP contribution in [0.1, 0.15) is 32.6 Å². The van der Waals surface area contributed by atoms with E-state index in [-0.39, 0.29) is 12.3 Å². The fraction of sp³-hybridized carbons (Fsp3) is 0.778. The molecule has 0 aromatic rings. The van der Waals surface area contributed by atoms with Crippen LogP contribution in [0, 0.1) is 5.92 Å². The maximum Gasteiger partial charge on any atom is 0.320 e. The van der Waals surface area contributed by atoms with Gasteiger partial charge in [-0.25, -0.2) is 0 Å². The Morgan fingerprint density at radius 2 is 2.00 bits per heavy atom. The van der Waals surface area contributed by atoms with Gasteiger partial charge in [-0.15, -0.1) is 0 Å². The Morgan fingerprint density at radius 3 is 2.36 bits per heavy atom. The number of unbranched alkanes of at least 4 members (excludes halogenated alkanes) is 1. The van der Waals surface area contributed by atoms with Crippen LogP contribution in [0.3, 0.4) is 0 Å². The zero-order valence-electron chi connectivity index (χ0n) is 8.40. The van der Waals surface area contributed by atoms with E-state index in [9.17, 15) is 9.59 Å². The van der Waals surface area contributed by atoms with Crippen LogP contribution >= 0.6 is 0 Å². The average molecular weight is 202 g/mol. The van der Waals surface area contributed by atoms with E-state index in [0.717, 1.165) is 12.8 Å². The Morgan fingerprint density at radius 1 is 1.43 bits per heavy atom. The topological polar surface area (TPSA) is 106 Å². The Bertz CT molecular complexity index is 206. The molecule has 0 rings (SSSR count). The van der Waals surface area contributed by atoms with Gasteiger partial charge in [0, 0.05) is 6.42 Å². The van der Waals surface area contributed by atoms with Crippen molar-refractivity contribution in [1.29, 1.82) is 0 Å². The van der Waals surface area contributed by atoms with E-state index in [0.29, 0.717) is 6.42 Å². The lowest BCUT2D eigenvalue weighted by atomic mass is 9.91. The normalized spacial score (nSPS) is 14.7. The molecule has 1 amide bonds. The summed E-state index contributed by atoms with van der Waals surface area (Å²) in [6, 6.07) is -0.992. The van der Waals surface area contributed by atoms with Gasteiger partial charge in [0.05, 0.1) is 0 Å². The summed E-state index contributed by atoms with van der Waals surface area (Å²) in [5.41, 5.74) is 10.5. The van der Waals surface area contributed by atoms with Crippen molar-refractivity contribution in [2.24, 2.45) is 17.4 Å². The first-order valence-corrected chi connectivity index (χ1v) is 4.75. The Labute approximate surface area is 83.5 Å². The number of carbonyl (C=O) groups is 2. The van der Waals surface area contributed by atoms with E-state index in [1.54, 1.807) is 0 Å². The van der Waals surface area contributed by atoms with Crippen molar-refractivity contribution in [3.8, 4) is 0 Å². The maximum atomic E-state index is 10.7. The van der Waals surface area contributed by atoms with Crippen LogP contribution in [0.15, 0.2) is 0 Å². The zero-order valence-corrected chi connectivity index (χ0v) is 8.40. The maximum absolute atomic E-state index is 10.7. The molecule has 0 saturated carbocycles. The average Bonchev–Trinajstić information content (AvgIpc) is 2.10. The number of aliphatic carboxylic acids is 1. The predicted molar refractivity (Wildman–Crippen MR) is 52.4 cm³/mol. The highest BCUT2D eigenvalue weighted by molar-refractivity contribution is 5.77. The molecule has 0 heterocycles.